The number of amides is 1. The average Bonchev–Trinajstić information content (AvgIpc) is 2.43. The summed E-state index contributed by atoms with van der Waals surface area (Å²) in [7, 11) is 1.91. The number of hydrogen-bond donors (Lipinski definition) is 1. The van der Waals surface area contributed by atoms with Crippen LogP contribution in [0.2, 0.25) is 0 Å². The van der Waals surface area contributed by atoms with Crippen molar-refractivity contribution in [2.45, 2.75) is 39.3 Å². The number of pyridine rings is 1. The molecule has 1 aromatic heterocycles. The molecule has 1 heterocycles. The first-order chi connectivity index (χ1) is 9.15. The maximum Gasteiger partial charge on any atom is 0.260 e. The minimum Gasteiger partial charge on any atom is -0.291 e. The molecule has 1 amide bonds. The van der Waals surface area contributed by atoms with Crippen molar-refractivity contribution < 1.29 is 9.63 Å². The van der Waals surface area contributed by atoms with E-state index in [-0.39, 0.29) is 11.9 Å². The van der Waals surface area contributed by atoms with Gasteiger partial charge in [-0.3, -0.25) is 19.5 Å². The molecule has 0 fully saturated rings. The lowest BCUT2D eigenvalue weighted by Crippen LogP contribution is -2.43. The molecule has 0 aliphatic heterocycles. The van der Waals surface area contributed by atoms with Crippen molar-refractivity contribution in [2.24, 2.45) is 0 Å². The lowest BCUT2D eigenvalue weighted by molar-refractivity contribution is -0.138. The normalized spacial score (nSPS) is 12.4. The molecule has 0 aliphatic rings. The molecule has 0 saturated heterocycles. The van der Waals surface area contributed by atoms with Crippen LogP contribution in [0, 0.1) is 0 Å². The summed E-state index contributed by atoms with van der Waals surface area (Å²) < 4.78 is 0. The minimum absolute atomic E-state index is 0.123. The van der Waals surface area contributed by atoms with E-state index in [9.17, 15) is 4.79 Å². The number of likely N-dealkylation sites (N-methyl/N-ethyl adjacent to an activating group) is 1. The van der Waals surface area contributed by atoms with Crippen molar-refractivity contribution in [2.75, 3.05) is 13.7 Å². The number of unbranched alkanes of at least 4 members (excludes halogenated alkanes) is 1. The topological polar surface area (TPSA) is 54.5 Å². The Morgan fingerprint density at radius 1 is 1.58 bits per heavy atom. The van der Waals surface area contributed by atoms with Crippen molar-refractivity contribution in [1.82, 2.24) is 15.4 Å². The molecule has 5 heteroatoms. The van der Waals surface area contributed by atoms with E-state index in [1.807, 2.05) is 31.0 Å². The van der Waals surface area contributed by atoms with Crippen LogP contribution in [0.4, 0.5) is 0 Å². The summed E-state index contributed by atoms with van der Waals surface area (Å²) in [4.78, 5) is 23.0. The molecule has 19 heavy (non-hydrogen) atoms. The standard InChI is InChI=1S/C14H23N3O2/c1-4-5-9-19-16-14(18)12(2)17(3)11-13-7-6-8-15-10-13/h6-8,10,12H,4-5,9,11H2,1-3H3,(H,16,18)/t12-/m0/s1. The van der Waals surface area contributed by atoms with E-state index >= 15 is 0 Å². The summed E-state index contributed by atoms with van der Waals surface area (Å²) in [5.74, 6) is -0.123. The summed E-state index contributed by atoms with van der Waals surface area (Å²) in [6.07, 6.45) is 5.53. The first-order valence-electron chi connectivity index (χ1n) is 6.66. The number of hydroxylamine groups is 1. The second-order valence-electron chi connectivity index (χ2n) is 4.62. The maximum absolute atomic E-state index is 11.8. The second-order valence-corrected chi connectivity index (χ2v) is 4.62. The summed E-state index contributed by atoms with van der Waals surface area (Å²) in [6.45, 7) is 5.17. The van der Waals surface area contributed by atoms with Crippen LogP contribution < -0.4 is 5.48 Å². The van der Waals surface area contributed by atoms with Gasteiger partial charge in [-0.2, -0.15) is 0 Å². The van der Waals surface area contributed by atoms with Crippen LogP contribution in [0.1, 0.15) is 32.3 Å². The molecule has 0 spiro atoms. The zero-order valence-electron chi connectivity index (χ0n) is 11.9. The van der Waals surface area contributed by atoms with Gasteiger partial charge in [0, 0.05) is 18.9 Å². The molecule has 0 radical (unpaired) electrons. The minimum atomic E-state index is -0.248. The molecule has 1 rings (SSSR count). The number of hydrogen-bond acceptors (Lipinski definition) is 4. The van der Waals surface area contributed by atoms with Crippen LogP contribution in [-0.4, -0.2) is 35.5 Å². The molecule has 106 valence electrons. The zero-order valence-corrected chi connectivity index (χ0v) is 11.9. The Balaban J connectivity index is 2.34. The van der Waals surface area contributed by atoms with Crippen LogP contribution >= 0.6 is 0 Å². The van der Waals surface area contributed by atoms with Crippen LogP contribution in [0.15, 0.2) is 24.5 Å². The average molecular weight is 265 g/mol. The molecule has 0 unspecified atom stereocenters. The van der Waals surface area contributed by atoms with Gasteiger partial charge in [0.1, 0.15) is 0 Å². The fourth-order valence-corrected chi connectivity index (χ4v) is 1.54. The number of nitrogens with one attached hydrogen (secondary N) is 1. The Labute approximate surface area is 114 Å². The van der Waals surface area contributed by atoms with Crippen LogP contribution in [0.5, 0.6) is 0 Å². The highest BCUT2D eigenvalue weighted by molar-refractivity contribution is 5.80. The molecular formula is C14H23N3O2. The highest BCUT2D eigenvalue weighted by atomic mass is 16.6. The fourth-order valence-electron chi connectivity index (χ4n) is 1.54. The third-order valence-corrected chi connectivity index (χ3v) is 2.97. The molecular weight excluding hydrogens is 242 g/mol. The number of carbonyl (C=O) groups is 1. The lowest BCUT2D eigenvalue weighted by atomic mass is 10.2. The van der Waals surface area contributed by atoms with Gasteiger partial charge < -0.3 is 0 Å². The van der Waals surface area contributed by atoms with E-state index in [0.29, 0.717) is 13.2 Å². The molecule has 0 aliphatic carbocycles. The maximum atomic E-state index is 11.8. The summed E-state index contributed by atoms with van der Waals surface area (Å²) in [5, 5.41) is 0. The van der Waals surface area contributed by atoms with Crippen molar-refractivity contribution >= 4 is 5.91 Å². The van der Waals surface area contributed by atoms with E-state index in [2.05, 4.69) is 17.4 Å². The van der Waals surface area contributed by atoms with E-state index < -0.39 is 0 Å². The van der Waals surface area contributed by atoms with E-state index in [1.165, 1.54) is 0 Å². The van der Waals surface area contributed by atoms with Gasteiger partial charge in [0.15, 0.2) is 0 Å². The first-order valence-corrected chi connectivity index (χ1v) is 6.66. The van der Waals surface area contributed by atoms with Crippen molar-refractivity contribution in [3.05, 3.63) is 30.1 Å². The quantitative estimate of drug-likeness (QED) is 0.575. The van der Waals surface area contributed by atoms with Crippen LogP contribution in [-0.2, 0) is 16.2 Å². The molecule has 1 atom stereocenters. The Kier molecular flexibility index (Phi) is 7.07. The third-order valence-electron chi connectivity index (χ3n) is 2.97. The SMILES string of the molecule is CCCCONC(=O)[C@H](C)N(C)Cc1cccnc1. The summed E-state index contributed by atoms with van der Waals surface area (Å²) in [5.41, 5.74) is 3.57. The van der Waals surface area contributed by atoms with Gasteiger partial charge in [0.2, 0.25) is 0 Å². The lowest BCUT2D eigenvalue weighted by Gasteiger charge is -2.23. The van der Waals surface area contributed by atoms with E-state index in [0.717, 1.165) is 18.4 Å². The highest BCUT2D eigenvalue weighted by Gasteiger charge is 2.18. The molecule has 5 nitrogen and oxygen atoms in total. The molecule has 0 saturated carbocycles. The van der Waals surface area contributed by atoms with Crippen LogP contribution in [0.3, 0.4) is 0 Å². The Morgan fingerprint density at radius 2 is 2.37 bits per heavy atom. The van der Waals surface area contributed by atoms with Gasteiger partial charge >= 0.3 is 0 Å². The van der Waals surface area contributed by atoms with Gasteiger partial charge in [-0.25, -0.2) is 5.48 Å². The van der Waals surface area contributed by atoms with Crippen molar-refractivity contribution in [3.8, 4) is 0 Å². The number of rotatable bonds is 8. The Bertz CT molecular complexity index is 370. The van der Waals surface area contributed by atoms with Gasteiger partial charge in [-0.15, -0.1) is 0 Å². The van der Waals surface area contributed by atoms with Gasteiger partial charge in [0.05, 0.1) is 12.6 Å². The summed E-state index contributed by atoms with van der Waals surface area (Å²) >= 11 is 0. The van der Waals surface area contributed by atoms with Crippen molar-refractivity contribution in [1.29, 1.82) is 0 Å². The molecule has 0 bridgehead atoms. The number of aromatic nitrogens is 1. The van der Waals surface area contributed by atoms with E-state index in [1.54, 1.807) is 12.4 Å². The molecule has 0 aromatic carbocycles. The van der Waals surface area contributed by atoms with Gasteiger partial charge in [0.25, 0.3) is 5.91 Å². The van der Waals surface area contributed by atoms with Gasteiger partial charge in [-0.1, -0.05) is 19.4 Å². The predicted molar refractivity (Wildman–Crippen MR) is 74.2 cm³/mol. The van der Waals surface area contributed by atoms with Crippen LogP contribution in [0.25, 0.3) is 0 Å². The summed E-state index contributed by atoms with van der Waals surface area (Å²) in [6, 6.07) is 3.63. The highest BCUT2D eigenvalue weighted by Crippen LogP contribution is 2.04. The second kappa shape index (κ2) is 8.61. The number of carbonyl (C=O) groups excluding carboxylic acids is 1. The van der Waals surface area contributed by atoms with Crippen molar-refractivity contribution in [3.63, 3.8) is 0 Å². The molecule has 1 aromatic rings. The van der Waals surface area contributed by atoms with Gasteiger partial charge in [-0.05, 0) is 32.0 Å². The fraction of sp³-hybridized carbons (Fsp3) is 0.571. The third kappa shape index (κ3) is 5.81. The Hall–Kier alpha value is -1.46. The largest absolute Gasteiger partial charge is 0.291 e. The number of nitrogens with zero attached hydrogens (tertiary/aromatic N) is 2. The Morgan fingerprint density at radius 3 is 3.00 bits per heavy atom. The first kappa shape index (κ1) is 15.6. The van der Waals surface area contributed by atoms with E-state index in [4.69, 9.17) is 4.84 Å². The smallest absolute Gasteiger partial charge is 0.260 e. The molecule has 1 N–H and O–H groups in total. The predicted octanol–water partition coefficient (Wildman–Crippen LogP) is 1.75. The monoisotopic (exact) mass is 265 g/mol. The zero-order chi connectivity index (χ0) is 14.1.